The van der Waals surface area contributed by atoms with Crippen molar-refractivity contribution in [2.45, 2.75) is 30.6 Å². The van der Waals surface area contributed by atoms with Crippen molar-refractivity contribution in [2.24, 2.45) is 0 Å². The molecule has 2 N–H and O–H groups in total. The summed E-state index contributed by atoms with van der Waals surface area (Å²) in [5.74, 6) is -0.698. The lowest BCUT2D eigenvalue weighted by Crippen LogP contribution is -2.34. The summed E-state index contributed by atoms with van der Waals surface area (Å²) >= 11 is 5.86. The molecule has 3 amide bonds. The molecule has 142 valence electrons. The van der Waals surface area contributed by atoms with Crippen molar-refractivity contribution >= 4 is 39.3 Å². The molecule has 0 bridgehead atoms. The molecule has 1 aromatic carbocycles. The molecule has 0 saturated carbocycles. The maximum Gasteiger partial charge on any atom is 0.242 e. The number of hydrogen-bond acceptors (Lipinski definition) is 5. The van der Waals surface area contributed by atoms with Crippen LogP contribution in [0.1, 0.15) is 25.7 Å². The van der Waals surface area contributed by atoms with Crippen LogP contribution >= 0.6 is 11.6 Å². The highest BCUT2D eigenvalue weighted by Gasteiger charge is 2.27. The summed E-state index contributed by atoms with van der Waals surface area (Å²) < 4.78 is 26.5. The molecule has 0 atom stereocenters. The van der Waals surface area contributed by atoms with Crippen LogP contribution in [0, 0.1) is 0 Å². The topological polar surface area (TPSA) is 113 Å². The van der Waals surface area contributed by atoms with Crippen LogP contribution in [0.25, 0.3) is 0 Å². The number of imide groups is 1. The molecule has 0 unspecified atom stereocenters. The second-order valence-electron chi connectivity index (χ2n) is 5.72. The van der Waals surface area contributed by atoms with E-state index in [9.17, 15) is 22.8 Å². The van der Waals surface area contributed by atoms with Gasteiger partial charge in [-0.15, -0.1) is 0 Å². The van der Waals surface area contributed by atoms with E-state index in [1.165, 1.54) is 17.0 Å². The summed E-state index contributed by atoms with van der Waals surface area (Å²) in [7, 11) is -3.78. The zero-order chi connectivity index (χ0) is 19.2. The fourth-order valence-electron chi connectivity index (χ4n) is 2.46. The lowest BCUT2D eigenvalue weighted by molar-refractivity contribution is -0.138. The molecular formula is C16H20ClN3O5S. The summed E-state index contributed by atoms with van der Waals surface area (Å²) in [6.45, 7) is 0.507. The molecule has 1 aromatic rings. The average Bonchev–Trinajstić information content (AvgIpc) is 2.90. The van der Waals surface area contributed by atoms with Crippen molar-refractivity contribution in [3.05, 3.63) is 29.3 Å². The fraction of sp³-hybridized carbons (Fsp3) is 0.438. The lowest BCUT2D eigenvalue weighted by Gasteiger charge is -2.13. The van der Waals surface area contributed by atoms with Gasteiger partial charge in [0.1, 0.15) is 4.90 Å². The molecule has 0 aliphatic carbocycles. The molecule has 2 rings (SSSR count). The van der Waals surface area contributed by atoms with Crippen molar-refractivity contribution in [1.82, 2.24) is 14.9 Å². The number of rotatable bonds is 9. The number of carbonyl (C=O) groups is 3. The Hall–Kier alpha value is -1.97. The molecule has 0 spiro atoms. The largest absolute Gasteiger partial charge is 0.356 e. The summed E-state index contributed by atoms with van der Waals surface area (Å²) in [5, 5.41) is 2.73. The zero-order valence-electron chi connectivity index (χ0n) is 14.0. The first-order valence-corrected chi connectivity index (χ1v) is 10.0. The van der Waals surface area contributed by atoms with E-state index in [4.69, 9.17) is 11.6 Å². The minimum absolute atomic E-state index is 0.0365. The van der Waals surface area contributed by atoms with Crippen LogP contribution in [-0.2, 0) is 24.4 Å². The van der Waals surface area contributed by atoms with Crippen LogP contribution in [0.3, 0.4) is 0 Å². The standard InChI is InChI=1S/C16H20ClN3O5S/c17-12-4-1-2-5-13(12)26(24,25)19-10-8-14(21)18-9-3-11-20-15(22)6-7-16(20)23/h1-2,4-5,19H,3,6-11H2,(H,18,21). The molecule has 0 radical (unpaired) electrons. The van der Waals surface area contributed by atoms with Gasteiger partial charge in [0.15, 0.2) is 0 Å². The Labute approximate surface area is 156 Å². The maximum absolute atomic E-state index is 12.1. The van der Waals surface area contributed by atoms with Gasteiger partial charge in [-0.1, -0.05) is 23.7 Å². The van der Waals surface area contributed by atoms with Gasteiger partial charge >= 0.3 is 0 Å². The Morgan fingerprint density at radius 1 is 1.12 bits per heavy atom. The first-order valence-electron chi connectivity index (χ1n) is 8.15. The van der Waals surface area contributed by atoms with E-state index in [-0.39, 0.29) is 60.0 Å². The van der Waals surface area contributed by atoms with Crippen LogP contribution in [-0.4, -0.2) is 50.7 Å². The Balaban J connectivity index is 1.67. The molecule has 1 aliphatic rings. The van der Waals surface area contributed by atoms with E-state index in [1.807, 2.05) is 0 Å². The smallest absolute Gasteiger partial charge is 0.242 e. The Morgan fingerprint density at radius 3 is 2.42 bits per heavy atom. The van der Waals surface area contributed by atoms with Gasteiger partial charge in [0.25, 0.3) is 0 Å². The normalized spacial score (nSPS) is 14.7. The van der Waals surface area contributed by atoms with E-state index in [0.29, 0.717) is 13.0 Å². The van der Waals surface area contributed by atoms with E-state index in [2.05, 4.69) is 10.0 Å². The molecule has 1 aliphatic heterocycles. The quantitative estimate of drug-likeness (QED) is 0.466. The van der Waals surface area contributed by atoms with Gasteiger partial charge in [-0.3, -0.25) is 19.3 Å². The van der Waals surface area contributed by atoms with Gasteiger partial charge in [0.2, 0.25) is 27.7 Å². The highest BCUT2D eigenvalue weighted by Crippen LogP contribution is 2.19. The van der Waals surface area contributed by atoms with Gasteiger partial charge in [0.05, 0.1) is 5.02 Å². The van der Waals surface area contributed by atoms with Crippen LogP contribution in [0.2, 0.25) is 5.02 Å². The highest BCUT2D eigenvalue weighted by molar-refractivity contribution is 7.89. The number of nitrogens with one attached hydrogen (secondary N) is 2. The summed E-state index contributed by atoms with van der Waals surface area (Å²) in [5.41, 5.74) is 0. The molecule has 1 heterocycles. The predicted molar refractivity (Wildman–Crippen MR) is 94.8 cm³/mol. The number of hydrogen-bond donors (Lipinski definition) is 2. The Bertz CT molecular complexity index is 781. The number of likely N-dealkylation sites (tertiary alicyclic amines) is 1. The van der Waals surface area contributed by atoms with E-state index >= 15 is 0 Å². The molecule has 8 nitrogen and oxygen atoms in total. The average molecular weight is 402 g/mol. The van der Waals surface area contributed by atoms with Crippen molar-refractivity contribution in [3.8, 4) is 0 Å². The predicted octanol–water partition coefficient (Wildman–Crippen LogP) is 0.664. The van der Waals surface area contributed by atoms with Crippen LogP contribution in [0.4, 0.5) is 0 Å². The minimum atomic E-state index is -3.78. The molecule has 0 aromatic heterocycles. The third-order valence-electron chi connectivity index (χ3n) is 3.81. The van der Waals surface area contributed by atoms with Crippen LogP contribution in [0.5, 0.6) is 0 Å². The number of amides is 3. The number of sulfonamides is 1. The SMILES string of the molecule is O=C(CCNS(=O)(=O)c1ccccc1Cl)NCCCN1C(=O)CCC1=O. The van der Waals surface area contributed by atoms with E-state index in [0.717, 1.165) is 0 Å². The number of nitrogens with zero attached hydrogens (tertiary/aromatic N) is 1. The fourth-order valence-corrected chi connectivity index (χ4v) is 4.01. The first-order chi connectivity index (χ1) is 12.3. The highest BCUT2D eigenvalue weighted by atomic mass is 35.5. The van der Waals surface area contributed by atoms with Gasteiger partial charge < -0.3 is 5.32 Å². The monoisotopic (exact) mass is 401 g/mol. The zero-order valence-corrected chi connectivity index (χ0v) is 15.6. The van der Waals surface area contributed by atoms with E-state index in [1.54, 1.807) is 12.1 Å². The Kier molecular flexibility index (Phi) is 7.13. The summed E-state index contributed by atoms with van der Waals surface area (Å²) in [4.78, 5) is 35.8. The van der Waals surface area contributed by atoms with Gasteiger partial charge in [-0.2, -0.15) is 0 Å². The molecule has 26 heavy (non-hydrogen) atoms. The van der Waals surface area contributed by atoms with Gasteiger partial charge in [0, 0.05) is 38.9 Å². The molecule has 1 saturated heterocycles. The summed E-state index contributed by atoms with van der Waals surface area (Å²) in [6.07, 6.45) is 0.910. The molecule has 1 fully saturated rings. The third-order valence-corrected chi connectivity index (χ3v) is 5.77. The maximum atomic E-state index is 12.1. The van der Waals surface area contributed by atoms with Crippen molar-refractivity contribution in [2.75, 3.05) is 19.6 Å². The first kappa shape index (κ1) is 20.3. The number of halogens is 1. The van der Waals surface area contributed by atoms with Crippen LogP contribution in [0.15, 0.2) is 29.2 Å². The third kappa shape index (κ3) is 5.52. The molecule has 10 heteroatoms. The van der Waals surface area contributed by atoms with Crippen molar-refractivity contribution < 1.29 is 22.8 Å². The Morgan fingerprint density at radius 2 is 1.77 bits per heavy atom. The number of benzene rings is 1. The van der Waals surface area contributed by atoms with Crippen LogP contribution < -0.4 is 10.0 Å². The number of carbonyl (C=O) groups excluding carboxylic acids is 3. The van der Waals surface area contributed by atoms with E-state index < -0.39 is 10.0 Å². The van der Waals surface area contributed by atoms with Gasteiger partial charge in [-0.25, -0.2) is 13.1 Å². The summed E-state index contributed by atoms with van der Waals surface area (Å²) in [6, 6.07) is 6.03. The minimum Gasteiger partial charge on any atom is -0.356 e. The second-order valence-corrected chi connectivity index (χ2v) is 7.86. The second kappa shape index (κ2) is 9.11. The van der Waals surface area contributed by atoms with Crippen molar-refractivity contribution in [1.29, 1.82) is 0 Å². The molecular weight excluding hydrogens is 382 g/mol. The van der Waals surface area contributed by atoms with Crippen molar-refractivity contribution in [3.63, 3.8) is 0 Å². The lowest BCUT2D eigenvalue weighted by atomic mass is 10.3. The van der Waals surface area contributed by atoms with Gasteiger partial charge in [-0.05, 0) is 18.6 Å².